The maximum absolute atomic E-state index is 13.7. The van der Waals surface area contributed by atoms with Crippen LogP contribution in [0.1, 0.15) is 23.9 Å². The summed E-state index contributed by atoms with van der Waals surface area (Å²) in [6.07, 6.45) is 1.87. The highest BCUT2D eigenvalue weighted by molar-refractivity contribution is 9.10. The number of aromatic nitrogens is 2. The lowest BCUT2D eigenvalue weighted by Gasteiger charge is -2.18. The summed E-state index contributed by atoms with van der Waals surface area (Å²) < 4.78 is 21.9. The number of ether oxygens (including phenoxy) is 1. The molecular weight excluding hydrogens is 347 g/mol. The minimum atomic E-state index is -0.280. The molecule has 1 aliphatic heterocycles. The van der Waals surface area contributed by atoms with Crippen LogP contribution >= 0.6 is 15.9 Å². The summed E-state index contributed by atoms with van der Waals surface area (Å²) in [5.74, 6) is 1.60. The van der Waals surface area contributed by atoms with Crippen LogP contribution in [0, 0.1) is 5.82 Å². The minimum Gasteiger partial charge on any atom is -0.496 e. The van der Waals surface area contributed by atoms with Crippen LogP contribution in [0.4, 0.5) is 4.39 Å². The van der Waals surface area contributed by atoms with E-state index in [-0.39, 0.29) is 11.9 Å². The first kappa shape index (κ1) is 13.8. The molecule has 5 heteroatoms. The zero-order valence-corrected chi connectivity index (χ0v) is 13.6. The predicted octanol–water partition coefficient (Wildman–Crippen LogP) is 4.48. The number of benzene rings is 2. The van der Waals surface area contributed by atoms with Gasteiger partial charge in [-0.15, -0.1) is 0 Å². The Morgan fingerprint density at radius 1 is 1.32 bits per heavy atom. The van der Waals surface area contributed by atoms with Crippen LogP contribution in [0.25, 0.3) is 11.0 Å². The van der Waals surface area contributed by atoms with Gasteiger partial charge in [-0.3, -0.25) is 0 Å². The first-order valence-electron chi connectivity index (χ1n) is 7.18. The lowest BCUT2D eigenvalue weighted by Crippen LogP contribution is -2.07. The molecule has 1 atom stereocenters. The van der Waals surface area contributed by atoms with Crippen molar-refractivity contribution in [3.05, 3.63) is 58.1 Å². The van der Waals surface area contributed by atoms with Crippen molar-refractivity contribution in [2.45, 2.75) is 18.9 Å². The van der Waals surface area contributed by atoms with E-state index in [1.54, 1.807) is 7.11 Å². The summed E-state index contributed by atoms with van der Waals surface area (Å²) in [5.41, 5.74) is 2.80. The third-order valence-electron chi connectivity index (χ3n) is 4.26. The van der Waals surface area contributed by atoms with E-state index in [2.05, 4.69) is 31.5 Å². The summed E-state index contributed by atoms with van der Waals surface area (Å²) >= 11 is 3.27. The number of para-hydroxylation sites is 1. The molecule has 2 aromatic carbocycles. The van der Waals surface area contributed by atoms with Crippen molar-refractivity contribution in [3.8, 4) is 5.75 Å². The maximum atomic E-state index is 13.7. The highest BCUT2D eigenvalue weighted by Crippen LogP contribution is 2.39. The lowest BCUT2D eigenvalue weighted by molar-refractivity contribution is 0.403. The molecule has 0 aliphatic carbocycles. The van der Waals surface area contributed by atoms with Crippen LogP contribution in [0.15, 0.2) is 40.9 Å². The number of nitrogens with zero attached hydrogens (tertiary/aromatic N) is 2. The van der Waals surface area contributed by atoms with Gasteiger partial charge in [0.25, 0.3) is 0 Å². The normalized spacial score (nSPS) is 17.0. The molecule has 3 aromatic rings. The maximum Gasteiger partial charge on any atom is 0.139 e. The van der Waals surface area contributed by atoms with Crippen LogP contribution in [-0.4, -0.2) is 16.7 Å². The monoisotopic (exact) mass is 360 g/mol. The molecule has 3 nitrogen and oxygen atoms in total. The third kappa shape index (κ3) is 1.96. The molecule has 0 N–H and O–H groups in total. The van der Waals surface area contributed by atoms with Crippen LogP contribution in [0.3, 0.4) is 0 Å². The standard InChI is InChI=1S/C17H14BrFN2O/c1-22-16-5-3-2-4-10(16)14-6-7-17-20-13-9-12(19)11(18)8-15(13)21(14)17/h2-5,8-9,14H,6-7H2,1H3/t14-/m1/s1. The van der Waals surface area contributed by atoms with Gasteiger partial charge in [-0.25, -0.2) is 9.37 Å². The smallest absolute Gasteiger partial charge is 0.139 e. The van der Waals surface area contributed by atoms with Gasteiger partial charge in [-0.2, -0.15) is 0 Å². The molecule has 0 saturated carbocycles. The molecule has 0 fully saturated rings. The Kier molecular flexibility index (Phi) is 3.18. The molecule has 0 saturated heterocycles. The van der Waals surface area contributed by atoms with Crippen molar-refractivity contribution in [1.82, 2.24) is 9.55 Å². The Labute approximate surface area is 135 Å². The Morgan fingerprint density at radius 2 is 2.14 bits per heavy atom. The highest BCUT2D eigenvalue weighted by atomic mass is 79.9. The average molecular weight is 361 g/mol. The van der Waals surface area contributed by atoms with Gasteiger partial charge in [0, 0.05) is 18.1 Å². The van der Waals surface area contributed by atoms with Gasteiger partial charge in [-0.05, 0) is 34.5 Å². The SMILES string of the molecule is COc1ccccc1[C@H]1CCc2nc3cc(F)c(Br)cc3n21. The molecule has 22 heavy (non-hydrogen) atoms. The van der Waals surface area contributed by atoms with E-state index in [0.29, 0.717) is 9.99 Å². The van der Waals surface area contributed by atoms with Crippen LogP contribution < -0.4 is 4.74 Å². The average Bonchev–Trinajstić information content (AvgIpc) is 3.07. The van der Waals surface area contributed by atoms with Crippen LogP contribution in [0.2, 0.25) is 0 Å². The first-order valence-corrected chi connectivity index (χ1v) is 7.97. The van der Waals surface area contributed by atoms with Gasteiger partial charge >= 0.3 is 0 Å². The summed E-state index contributed by atoms with van der Waals surface area (Å²) in [6.45, 7) is 0. The summed E-state index contributed by atoms with van der Waals surface area (Å²) in [5, 5.41) is 0. The van der Waals surface area contributed by atoms with Gasteiger partial charge < -0.3 is 9.30 Å². The molecule has 0 radical (unpaired) electrons. The summed E-state index contributed by atoms with van der Waals surface area (Å²) in [4.78, 5) is 4.59. The third-order valence-corrected chi connectivity index (χ3v) is 4.86. The largest absolute Gasteiger partial charge is 0.496 e. The number of fused-ring (bicyclic) bond motifs is 3. The van der Waals surface area contributed by atoms with Crippen molar-refractivity contribution < 1.29 is 9.13 Å². The van der Waals surface area contributed by atoms with E-state index in [1.165, 1.54) is 6.07 Å². The zero-order valence-electron chi connectivity index (χ0n) is 12.0. The predicted molar refractivity (Wildman–Crippen MR) is 86.8 cm³/mol. The Morgan fingerprint density at radius 3 is 2.95 bits per heavy atom. The van der Waals surface area contributed by atoms with Crippen molar-refractivity contribution in [1.29, 1.82) is 0 Å². The fraction of sp³-hybridized carbons (Fsp3) is 0.235. The number of methoxy groups -OCH3 is 1. The van der Waals surface area contributed by atoms with Crippen molar-refractivity contribution in [2.24, 2.45) is 0 Å². The number of imidazole rings is 1. The van der Waals surface area contributed by atoms with Gasteiger partial charge in [0.05, 0.1) is 28.7 Å². The van der Waals surface area contributed by atoms with E-state index >= 15 is 0 Å². The molecule has 0 spiro atoms. The Hall–Kier alpha value is -1.88. The summed E-state index contributed by atoms with van der Waals surface area (Å²) in [6, 6.07) is 11.5. The van der Waals surface area contributed by atoms with Gasteiger partial charge in [-0.1, -0.05) is 18.2 Å². The van der Waals surface area contributed by atoms with Crippen molar-refractivity contribution in [2.75, 3.05) is 7.11 Å². The van der Waals surface area contributed by atoms with Crippen LogP contribution in [-0.2, 0) is 6.42 Å². The molecule has 1 aromatic heterocycles. The molecule has 0 amide bonds. The van der Waals surface area contributed by atoms with Gasteiger partial charge in [0.1, 0.15) is 17.4 Å². The second-order valence-corrected chi connectivity index (χ2v) is 6.30. The van der Waals surface area contributed by atoms with E-state index in [4.69, 9.17) is 4.74 Å². The summed E-state index contributed by atoms with van der Waals surface area (Å²) in [7, 11) is 1.69. The lowest BCUT2D eigenvalue weighted by atomic mass is 10.0. The number of rotatable bonds is 2. The number of hydrogen-bond acceptors (Lipinski definition) is 2. The molecule has 112 valence electrons. The van der Waals surface area contributed by atoms with E-state index in [1.807, 2.05) is 24.3 Å². The Balaban J connectivity index is 1.93. The van der Waals surface area contributed by atoms with E-state index in [9.17, 15) is 4.39 Å². The van der Waals surface area contributed by atoms with Crippen molar-refractivity contribution >= 4 is 27.0 Å². The van der Waals surface area contributed by atoms with Crippen LogP contribution in [0.5, 0.6) is 5.75 Å². The zero-order chi connectivity index (χ0) is 15.3. The second-order valence-electron chi connectivity index (χ2n) is 5.45. The number of aryl methyl sites for hydroxylation is 1. The molecular formula is C17H14BrFN2O. The van der Waals surface area contributed by atoms with E-state index in [0.717, 1.165) is 35.5 Å². The highest BCUT2D eigenvalue weighted by Gasteiger charge is 2.29. The number of hydrogen-bond donors (Lipinski definition) is 0. The fourth-order valence-electron chi connectivity index (χ4n) is 3.30. The Bertz CT molecular complexity index is 874. The van der Waals surface area contributed by atoms with Gasteiger partial charge in [0.2, 0.25) is 0 Å². The van der Waals surface area contributed by atoms with E-state index < -0.39 is 0 Å². The molecule has 4 rings (SSSR count). The molecule has 0 bridgehead atoms. The number of halogens is 2. The first-order chi connectivity index (χ1) is 10.7. The molecule has 2 heterocycles. The second kappa shape index (κ2) is 5.09. The molecule has 0 unspecified atom stereocenters. The van der Waals surface area contributed by atoms with Crippen molar-refractivity contribution in [3.63, 3.8) is 0 Å². The minimum absolute atomic E-state index is 0.175. The molecule has 1 aliphatic rings. The van der Waals surface area contributed by atoms with Gasteiger partial charge in [0.15, 0.2) is 0 Å². The fourth-order valence-corrected chi connectivity index (χ4v) is 3.63. The quantitative estimate of drug-likeness (QED) is 0.673. The topological polar surface area (TPSA) is 27.1 Å².